The van der Waals surface area contributed by atoms with E-state index in [9.17, 15) is 14.4 Å². The van der Waals surface area contributed by atoms with Crippen molar-refractivity contribution in [2.24, 2.45) is 7.05 Å². The van der Waals surface area contributed by atoms with Crippen molar-refractivity contribution in [3.05, 3.63) is 67.2 Å². The molecule has 4 heterocycles. The average molecular weight is 627 g/mol. The molecule has 0 unspecified atom stereocenters. The fraction of sp³-hybridized carbons (Fsp3) is 0.514. The van der Waals surface area contributed by atoms with E-state index in [0.29, 0.717) is 49.9 Å². The highest BCUT2D eigenvalue weighted by Gasteiger charge is 2.28. The van der Waals surface area contributed by atoms with Gasteiger partial charge in [-0.3, -0.25) is 23.1 Å². The van der Waals surface area contributed by atoms with E-state index >= 15 is 0 Å². The molecule has 0 atom stereocenters. The Labute approximate surface area is 268 Å². The second-order valence-electron chi connectivity index (χ2n) is 12.7. The zero-order chi connectivity index (χ0) is 32.5. The maximum atomic E-state index is 13.7. The zero-order valence-electron chi connectivity index (χ0n) is 27.8. The number of rotatable bonds is 11. The zero-order valence-corrected chi connectivity index (χ0v) is 27.8. The number of hydrogen-bond donors (Lipinski definition) is 1. The minimum Gasteiger partial charge on any atom is -0.368 e. The van der Waals surface area contributed by atoms with Crippen molar-refractivity contribution in [1.29, 1.82) is 0 Å². The van der Waals surface area contributed by atoms with Crippen LogP contribution in [-0.4, -0.2) is 48.1 Å². The Bertz CT molecular complexity index is 2080. The van der Waals surface area contributed by atoms with Crippen molar-refractivity contribution < 1.29 is 0 Å². The van der Waals surface area contributed by atoms with Gasteiger partial charge in [0.25, 0.3) is 5.56 Å². The highest BCUT2D eigenvalue weighted by molar-refractivity contribution is 6.05. The quantitative estimate of drug-likeness (QED) is 0.211. The first-order valence-electron chi connectivity index (χ1n) is 16.9. The lowest BCUT2D eigenvalue weighted by Crippen LogP contribution is -2.45. The van der Waals surface area contributed by atoms with Gasteiger partial charge < -0.3 is 10.2 Å². The van der Waals surface area contributed by atoms with E-state index in [1.807, 2.05) is 34.3 Å². The summed E-state index contributed by atoms with van der Waals surface area (Å²) in [6.07, 6.45) is 6.07. The van der Waals surface area contributed by atoms with Crippen LogP contribution in [0.5, 0.6) is 0 Å². The number of anilines is 2. The van der Waals surface area contributed by atoms with Crippen LogP contribution in [-0.2, 0) is 20.1 Å². The van der Waals surface area contributed by atoms with Crippen molar-refractivity contribution in [2.75, 3.05) is 29.9 Å². The molecule has 2 aromatic carbocycles. The van der Waals surface area contributed by atoms with Crippen LogP contribution in [0.15, 0.2) is 44.7 Å². The highest BCUT2D eigenvalue weighted by atomic mass is 16.2. The summed E-state index contributed by atoms with van der Waals surface area (Å²) < 4.78 is 6.88. The number of piperidine rings is 1. The standard InChI is InChI=1S/C35H46N8O3/c1-6-9-16-41-29-21-25-26(22-30(29)42(35(41)46)17-10-7-2)32(38-37-31(25)36-15-8-3)40-18-13-24(14-19-40)43-33(44)27-20-23(4)11-12-28(27)39(5)34(43)45/h11-12,20-22,24H,6-10,13-19H2,1-5H3,(H,36,37). The van der Waals surface area contributed by atoms with Crippen molar-refractivity contribution in [2.45, 2.75) is 91.8 Å². The van der Waals surface area contributed by atoms with Crippen molar-refractivity contribution in [1.82, 2.24) is 28.5 Å². The third-order valence-electron chi connectivity index (χ3n) is 9.50. The number of aromatic nitrogens is 6. The van der Waals surface area contributed by atoms with Crippen LogP contribution in [0.2, 0.25) is 0 Å². The Hall–Kier alpha value is -4.41. The Morgan fingerprint density at radius 1 is 0.783 bits per heavy atom. The lowest BCUT2D eigenvalue weighted by molar-refractivity contribution is 0.370. The SMILES string of the molecule is CCCCn1c(=O)n(CCCC)c2cc3c(N4CCC(n5c(=O)c6cc(C)ccc6n(C)c5=O)CC4)nnc(NCCC)c3cc21. The molecule has 244 valence electrons. The van der Waals surface area contributed by atoms with Gasteiger partial charge in [-0.05, 0) is 63.3 Å². The maximum Gasteiger partial charge on any atom is 0.331 e. The number of nitrogens with zero attached hydrogens (tertiary/aromatic N) is 7. The Balaban J connectivity index is 1.42. The summed E-state index contributed by atoms with van der Waals surface area (Å²) in [6.45, 7) is 11.7. The molecule has 5 aromatic rings. The lowest BCUT2D eigenvalue weighted by Gasteiger charge is -2.34. The van der Waals surface area contributed by atoms with E-state index in [4.69, 9.17) is 5.10 Å². The molecule has 11 heteroatoms. The molecule has 1 saturated heterocycles. The second-order valence-corrected chi connectivity index (χ2v) is 12.7. The fourth-order valence-electron chi connectivity index (χ4n) is 6.87. The largest absolute Gasteiger partial charge is 0.368 e. The van der Waals surface area contributed by atoms with Gasteiger partial charge in [-0.15, -0.1) is 10.2 Å². The molecule has 0 aliphatic carbocycles. The third-order valence-corrected chi connectivity index (χ3v) is 9.50. The molecule has 46 heavy (non-hydrogen) atoms. The monoisotopic (exact) mass is 626 g/mol. The molecule has 11 nitrogen and oxygen atoms in total. The van der Waals surface area contributed by atoms with Crippen molar-refractivity contribution in [3.63, 3.8) is 0 Å². The summed E-state index contributed by atoms with van der Waals surface area (Å²) in [6, 6.07) is 9.68. The normalized spacial score (nSPS) is 14.2. The number of imidazole rings is 1. The minimum atomic E-state index is -0.281. The molecule has 1 fully saturated rings. The summed E-state index contributed by atoms with van der Waals surface area (Å²) in [5, 5.41) is 15.3. The van der Waals surface area contributed by atoms with Gasteiger partial charge in [0.1, 0.15) is 0 Å². The first-order valence-corrected chi connectivity index (χ1v) is 16.9. The average Bonchev–Trinajstić information content (AvgIpc) is 3.32. The molecule has 0 amide bonds. The Morgan fingerprint density at radius 2 is 1.43 bits per heavy atom. The summed E-state index contributed by atoms with van der Waals surface area (Å²) in [4.78, 5) is 42.9. The second kappa shape index (κ2) is 13.1. The number of fused-ring (bicyclic) bond motifs is 3. The van der Waals surface area contributed by atoms with Gasteiger partial charge in [0.05, 0.1) is 21.9 Å². The molecule has 0 saturated carbocycles. The van der Waals surface area contributed by atoms with Gasteiger partial charge in [0.15, 0.2) is 11.6 Å². The molecule has 1 aliphatic heterocycles. The van der Waals surface area contributed by atoms with Crippen LogP contribution >= 0.6 is 0 Å². The van der Waals surface area contributed by atoms with E-state index in [1.54, 1.807) is 11.6 Å². The summed E-state index contributed by atoms with van der Waals surface area (Å²) in [5.41, 5.74) is 3.03. The van der Waals surface area contributed by atoms with Gasteiger partial charge in [0, 0.05) is 56.6 Å². The highest BCUT2D eigenvalue weighted by Crippen LogP contribution is 2.35. The van der Waals surface area contributed by atoms with Crippen LogP contribution < -0.4 is 27.2 Å². The topological polar surface area (TPSA) is 112 Å². The molecule has 1 aliphatic rings. The first-order chi connectivity index (χ1) is 22.3. The Morgan fingerprint density at radius 3 is 2.07 bits per heavy atom. The predicted molar refractivity (Wildman–Crippen MR) is 187 cm³/mol. The van der Waals surface area contributed by atoms with Gasteiger partial charge in [-0.1, -0.05) is 45.2 Å². The molecule has 0 spiro atoms. The maximum absolute atomic E-state index is 13.7. The number of hydrogen-bond acceptors (Lipinski definition) is 7. The number of unbranched alkanes of at least 4 members (excludes halogenated alkanes) is 2. The van der Waals surface area contributed by atoms with E-state index in [1.165, 1.54) is 4.57 Å². The fourth-order valence-corrected chi connectivity index (χ4v) is 6.87. The molecule has 0 radical (unpaired) electrons. The smallest absolute Gasteiger partial charge is 0.331 e. The molecular weight excluding hydrogens is 580 g/mol. The molecule has 6 rings (SSSR count). The molecule has 0 bridgehead atoms. The van der Waals surface area contributed by atoms with Gasteiger partial charge in [-0.2, -0.15) is 0 Å². The van der Waals surface area contributed by atoms with Crippen LogP contribution in [0.25, 0.3) is 32.7 Å². The predicted octanol–water partition coefficient (Wildman–Crippen LogP) is 5.33. The minimum absolute atomic E-state index is 0.0381. The van der Waals surface area contributed by atoms with Crippen LogP contribution in [0, 0.1) is 6.92 Å². The van der Waals surface area contributed by atoms with Crippen LogP contribution in [0.4, 0.5) is 11.6 Å². The van der Waals surface area contributed by atoms with Gasteiger partial charge in [0.2, 0.25) is 0 Å². The van der Waals surface area contributed by atoms with E-state index in [0.717, 1.165) is 77.7 Å². The Kier molecular flexibility index (Phi) is 9.02. The summed E-state index contributed by atoms with van der Waals surface area (Å²) in [5.74, 6) is 1.48. The van der Waals surface area contributed by atoms with E-state index in [2.05, 4.69) is 48.2 Å². The van der Waals surface area contributed by atoms with Gasteiger partial charge in [-0.25, -0.2) is 9.59 Å². The van der Waals surface area contributed by atoms with E-state index in [-0.39, 0.29) is 23.0 Å². The first kappa shape index (κ1) is 31.6. The number of nitrogens with one attached hydrogen (secondary N) is 1. The summed E-state index contributed by atoms with van der Waals surface area (Å²) in [7, 11) is 1.73. The lowest BCUT2D eigenvalue weighted by atomic mass is 10.0. The number of benzene rings is 2. The van der Waals surface area contributed by atoms with Crippen molar-refractivity contribution >= 4 is 44.3 Å². The molecule has 3 aromatic heterocycles. The van der Waals surface area contributed by atoms with Crippen molar-refractivity contribution in [3.8, 4) is 0 Å². The van der Waals surface area contributed by atoms with Crippen LogP contribution in [0.3, 0.4) is 0 Å². The summed E-state index contributed by atoms with van der Waals surface area (Å²) >= 11 is 0. The molecular formula is C35H46N8O3. The van der Waals surface area contributed by atoms with Gasteiger partial charge >= 0.3 is 11.4 Å². The van der Waals surface area contributed by atoms with E-state index < -0.39 is 0 Å². The number of aryl methyl sites for hydroxylation is 4. The molecule has 1 N–H and O–H groups in total. The third kappa shape index (κ3) is 5.49. The van der Waals surface area contributed by atoms with Crippen LogP contribution in [0.1, 0.15) is 77.3 Å².